The van der Waals surface area contributed by atoms with E-state index in [-0.39, 0.29) is 0 Å². The highest BCUT2D eigenvalue weighted by molar-refractivity contribution is 5.27. The minimum absolute atomic E-state index is 0.441. The van der Waals surface area contributed by atoms with Gasteiger partial charge in [0.1, 0.15) is 11.8 Å². The summed E-state index contributed by atoms with van der Waals surface area (Å²) >= 11 is 0. The zero-order valence-corrected chi connectivity index (χ0v) is 12.1. The second-order valence-electron chi connectivity index (χ2n) is 5.52. The summed E-state index contributed by atoms with van der Waals surface area (Å²) in [5.41, 5.74) is 0.448. The summed E-state index contributed by atoms with van der Waals surface area (Å²) in [7, 11) is 1.97. The molecule has 0 heterocycles. The van der Waals surface area contributed by atoms with E-state index in [1.54, 1.807) is 20.8 Å². The number of benzene rings is 1. The number of hydrogen-bond donors (Lipinski definition) is 1. The number of nitriles is 1. The molecule has 0 radical (unpaired) electrons. The van der Waals surface area contributed by atoms with E-state index >= 15 is 0 Å². The fraction of sp³-hybridized carbons (Fsp3) is 0.533. The molecule has 19 heavy (non-hydrogen) atoms. The third-order valence-corrected chi connectivity index (χ3v) is 2.53. The Balaban J connectivity index is 2.55. The molecule has 0 saturated heterocycles. The Morgan fingerprint density at radius 2 is 1.95 bits per heavy atom. The lowest BCUT2D eigenvalue weighted by molar-refractivity contribution is 0.0425. The quantitative estimate of drug-likeness (QED) is 0.853. The van der Waals surface area contributed by atoms with Gasteiger partial charge < -0.3 is 9.84 Å². The summed E-state index contributed by atoms with van der Waals surface area (Å²) in [6.45, 7) is 6.67. The topological polar surface area (TPSA) is 56.5 Å². The molecule has 0 aliphatic heterocycles. The highest BCUT2D eigenvalue weighted by atomic mass is 16.5. The van der Waals surface area contributed by atoms with Crippen LogP contribution in [0.3, 0.4) is 0 Å². The van der Waals surface area contributed by atoms with Crippen molar-refractivity contribution in [3.05, 3.63) is 29.8 Å². The van der Waals surface area contributed by atoms with Crippen LogP contribution in [-0.4, -0.2) is 35.3 Å². The first-order valence-corrected chi connectivity index (χ1v) is 6.36. The molecule has 1 rings (SSSR count). The zero-order chi connectivity index (χ0) is 14.5. The summed E-state index contributed by atoms with van der Waals surface area (Å²) in [5, 5.41) is 18.4. The lowest BCUT2D eigenvalue weighted by Gasteiger charge is -2.25. The lowest BCUT2D eigenvalue weighted by Crippen LogP contribution is -2.35. The molecule has 0 aromatic heterocycles. The molecule has 1 N–H and O–H groups in total. The molecule has 0 bridgehead atoms. The molecule has 4 heteroatoms. The first kappa shape index (κ1) is 15.5. The normalized spacial score (nSPS) is 13.1. The van der Waals surface area contributed by atoms with E-state index in [2.05, 4.69) is 4.90 Å². The third kappa shape index (κ3) is 6.23. The molecule has 104 valence electrons. The van der Waals surface area contributed by atoms with Crippen molar-refractivity contribution in [2.45, 2.75) is 39.0 Å². The van der Waals surface area contributed by atoms with Crippen molar-refractivity contribution in [1.29, 1.82) is 5.26 Å². The van der Waals surface area contributed by atoms with Crippen molar-refractivity contribution in [3.8, 4) is 11.8 Å². The first-order chi connectivity index (χ1) is 8.80. The Morgan fingerprint density at radius 3 is 2.42 bits per heavy atom. The molecule has 0 aliphatic rings. The van der Waals surface area contributed by atoms with Gasteiger partial charge in [0.25, 0.3) is 0 Å². The maximum absolute atomic E-state index is 9.74. The summed E-state index contributed by atoms with van der Waals surface area (Å²) < 4.78 is 5.39. The van der Waals surface area contributed by atoms with Crippen LogP contribution >= 0.6 is 0 Å². The average Bonchev–Trinajstić information content (AvgIpc) is 2.29. The molecule has 1 unspecified atom stereocenters. The van der Waals surface area contributed by atoms with Gasteiger partial charge in [-0.3, -0.25) is 4.90 Å². The molecule has 0 fully saturated rings. The Hall–Kier alpha value is -1.57. The monoisotopic (exact) mass is 262 g/mol. The Bertz CT molecular complexity index is 429. The van der Waals surface area contributed by atoms with Gasteiger partial charge in [0.05, 0.1) is 5.60 Å². The largest absolute Gasteiger partial charge is 0.476 e. The van der Waals surface area contributed by atoms with Crippen molar-refractivity contribution in [3.63, 3.8) is 0 Å². The van der Waals surface area contributed by atoms with Crippen molar-refractivity contribution in [2.24, 2.45) is 0 Å². The molecule has 1 aromatic rings. The molecule has 1 aromatic carbocycles. The maximum atomic E-state index is 9.74. The Labute approximate surface area is 115 Å². The minimum Gasteiger partial charge on any atom is -0.476 e. The van der Waals surface area contributed by atoms with E-state index in [1.165, 1.54) is 0 Å². The van der Waals surface area contributed by atoms with Crippen LogP contribution in [-0.2, 0) is 6.54 Å². The highest BCUT2D eigenvalue weighted by Gasteiger charge is 2.15. The predicted molar refractivity (Wildman–Crippen MR) is 74.8 cm³/mol. The fourth-order valence-corrected chi connectivity index (χ4v) is 1.93. The van der Waals surface area contributed by atoms with Crippen LogP contribution < -0.4 is 4.74 Å². The van der Waals surface area contributed by atoms with E-state index in [4.69, 9.17) is 10.00 Å². The molecule has 0 amide bonds. The number of aliphatic hydroxyl groups is 1. The van der Waals surface area contributed by atoms with Gasteiger partial charge in [0.2, 0.25) is 0 Å². The summed E-state index contributed by atoms with van der Waals surface area (Å²) in [5.74, 6) is 0.697. The van der Waals surface area contributed by atoms with Crippen LogP contribution in [0.4, 0.5) is 0 Å². The SMILES string of the molecule is CC(C#N)Oc1ccc(CN(C)CC(C)(C)O)cc1. The number of rotatable bonds is 6. The fourth-order valence-electron chi connectivity index (χ4n) is 1.93. The zero-order valence-electron chi connectivity index (χ0n) is 12.1. The third-order valence-electron chi connectivity index (χ3n) is 2.53. The van der Waals surface area contributed by atoms with Gasteiger partial charge in [-0.2, -0.15) is 5.26 Å². The van der Waals surface area contributed by atoms with Crippen LogP contribution in [0.2, 0.25) is 0 Å². The second kappa shape index (κ2) is 6.55. The van der Waals surface area contributed by atoms with E-state index in [0.29, 0.717) is 12.3 Å². The molecular weight excluding hydrogens is 240 g/mol. The Morgan fingerprint density at radius 1 is 1.37 bits per heavy atom. The van der Waals surface area contributed by atoms with E-state index < -0.39 is 11.7 Å². The van der Waals surface area contributed by atoms with Crippen molar-refractivity contribution in [2.75, 3.05) is 13.6 Å². The second-order valence-corrected chi connectivity index (χ2v) is 5.52. The minimum atomic E-state index is -0.694. The van der Waals surface area contributed by atoms with E-state index in [1.807, 2.05) is 37.4 Å². The predicted octanol–water partition coefficient (Wildman–Crippen LogP) is 2.18. The Kier molecular flexibility index (Phi) is 5.34. The van der Waals surface area contributed by atoms with Gasteiger partial charge >= 0.3 is 0 Å². The summed E-state index contributed by atoms with van der Waals surface area (Å²) in [4.78, 5) is 2.06. The van der Waals surface area contributed by atoms with Crippen molar-refractivity contribution in [1.82, 2.24) is 4.90 Å². The molecule has 0 saturated carbocycles. The molecule has 0 spiro atoms. The molecule has 4 nitrogen and oxygen atoms in total. The van der Waals surface area contributed by atoms with Crippen molar-refractivity contribution < 1.29 is 9.84 Å². The number of nitrogens with zero attached hydrogens (tertiary/aromatic N) is 2. The molecule has 0 aliphatic carbocycles. The molecular formula is C15H22N2O2. The van der Waals surface area contributed by atoms with Crippen LogP contribution in [0, 0.1) is 11.3 Å². The summed E-state index contributed by atoms with van der Waals surface area (Å²) in [6, 6.07) is 9.70. The van der Waals surface area contributed by atoms with Crippen LogP contribution in [0.15, 0.2) is 24.3 Å². The van der Waals surface area contributed by atoms with Gasteiger partial charge in [0, 0.05) is 13.1 Å². The van der Waals surface area contributed by atoms with Crippen LogP contribution in [0.25, 0.3) is 0 Å². The van der Waals surface area contributed by atoms with Crippen molar-refractivity contribution >= 4 is 0 Å². The number of likely N-dealkylation sites (N-methyl/N-ethyl adjacent to an activating group) is 1. The van der Waals surface area contributed by atoms with Gasteiger partial charge in [-0.15, -0.1) is 0 Å². The number of ether oxygens (including phenoxy) is 1. The first-order valence-electron chi connectivity index (χ1n) is 6.36. The van der Waals surface area contributed by atoms with Gasteiger partial charge in [0.15, 0.2) is 6.10 Å². The lowest BCUT2D eigenvalue weighted by atomic mass is 10.1. The van der Waals surface area contributed by atoms with Gasteiger partial charge in [-0.1, -0.05) is 12.1 Å². The number of hydrogen-bond acceptors (Lipinski definition) is 4. The van der Waals surface area contributed by atoms with Crippen LogP contribution in [0.1, 0.15) is 26.3 Å². The maximum Gasteiger partial charge on any atom is 0.181 e. The van der Waals surface area contributed by atoms with Gasteiger partial charge in [-0.25, -0.2) is 0 Å². The van der Waals surface area contributed by atoms with E-state index in [9.17, 15) is 5.11 Å². The standard InChI is InChI=1S/C15H22N2O2/c1-12(9-16)19-14-7-5-13(6-8-14)10-17(4)11-15(2,3)18/h5-8,12,18H,10-11H2,1-4H3. The summed E-state index contributed by atoms with van der Waals surface area (Å²) in [6.07, 6.45) is -0.441. The van der Waals surface area contributed by atoms with Crippen LogP contribution in [0.5, 0.6) is 5.75 Å². The molecule has 1 atom stereocenters. The van der Waals surface area contributed by atoms with Gasteiger partial charge in [-0.05, 0) is 45.5 Å². The highest BCUT2D eigenvalue weighted by Crippen LogP contribution is 2.15. The average molecular weight is 262 g/mol. The smallest absolute Gasteiger partial charge is 0.181 e. The van der Waals surface area contributed by atoms with E-state index in [0.717, 1.165) is 12.1 Å².